The molecule has 1 saturated heterocycles. The van der Waals surface area contributed by atoms with Crippen molar-refractivity contribution in [2.24, 2.45) is 10.9 Å². The first-order valence-electron chi connectivity index (χ1n) is 11.2. The summed E-state index contributed by atoms with van der Waals surface area (Å²) in [5, 5.41) is 6.61. The summed E-state index contributed by atoms with van der Waals surface area (Å²) >= 11 is 0. The molecule has 0 bridgehead atoms. The van der Waals surface area contributed by atoms with Gasteiger partial charge in [-0.15, -0.1) is 24.0 Å². The first-order chi connectivity index (χ1) is 14.2. The predicted octanol–water partition coefficient (Wildman–Crippen LogP) is 2.98. The molecular formula is C23H40IN5O. The minimum atomic E-state index is 0. The number of likely N-dealkylation sites (tertiary alicyclic amines) is 1. The number of carbonyl (C=O) groups is 1. The molecule has 6 nitrogen and oxygen atoms in total. The van der Waals surface area contributed by atoms with Crippen LogP contribution in [0.5, 0.6) is 0 Å². The molecule has 7 heteroatoms. The fourth-order valence-electron chi connectivity index (χ4n) is 3.78. The van der Waals surface area contributed by atoms with E-state index < -0.39 is 0 Å². The van der Waals surface area contributed by atoms with Crippen molar-refractivity contribution < 1.29 is 4.79 Å². The molecule has 0 radical (unpaired) electrons. The first kappa shape index (κ1) is 26.7. The van der Waals surface area contributed by atoms with E-state index in [2.05, 4.69) is 52.8 Å². The molecule has 0 aliphatic carbocycles. The molecule has 2 N–H and O–H groups in total. The van der Waals surface area contributed by atoms with Crippen molar-refractivity contribution in [3.05, 3.63) is 35.9 Å². The van der Waals surface area contributed by atoms with E-state index in [9.17, 15) is 4.79 Å². The molecule has 2 rings (SSSR count). The van der Waals surface area contributed by atoms with Gasteiger partial charge >= 0.3 is 0 Å². The van der Waals surface area contributed by atoms with Crippen LogP contribution in [0.3, 0.4) is 0 Å². The molecule has 1 amide bonds. The van der Waals surface area contributed by atoms with Crippen LogP contribution >= 0.6 is 24.0 Å². The average Bonchev–Trinajstić information content (AvgIpc) is 3.20. The molecule has 1 aliphatic rings. The third kappa shape index (κ3) is 9.64. The Balaban J connectivity index is 0.00000450. The lowest BCUT2D eigenvalue weighted by atomic mass is 10.1. The highest BCUT2D eigenvalue weighted by molar-refractivity contribution is 14.0. The number of guanidine groups is 1. The number of aliphatic imine (C=N–C) groups is 1. The van der Waals surface area contributed by atoms with Gasteiger partial charge in [-0.1, -0.05) is 30.3 Å². The summed E-state index contributed by atoms with van der Waals surface area (Å²) in [6.07, 6.45) is 2.82. The molecule has 1 heterocycles. The molecule has 0 aromatic heterocycles. The smallest absolute Gasteiger partial charge is 0.224 e. The highest BCUT2D eigenvalue weighted by Crippen LogP contribution is 2.17. The van der Waals surface area contributed by atoms with Crippen molar-refractivity contribution in [1.29, 1.82) is 0 Å². The fraction of sp³-hybridized carbons (Fsp3) is 0.652. The number of nitrogens with zero attached hydrogens (tertiary/aromatic N) is 3. The number of hydrogen-bond donors (Lipinski definition) is 2. The Labute approximate surface area is 199 Å². The molecule has 0 spiro atoms. The van der Waals surface area contributed by atoms with Gasteiger partial charge in [-0.3, -0.25) is 9.79 Å². The van der Waals surface area contributed by atoms with Gasteiger partial charge in [0.05, 0.1) is 0 Å². The van der Waals surface area contributed by atoms with Crippen LogP contribution in [0, 0.1) is 5.92 Å². The maximum Gasteiger partial charge on any atom is 0.224 e. The summed E-state index contributed by atoms with van der Waals surface area (Å²) in [5.74, 6) is 1.63. The van der Waals surface area contributed by atoms with Gasteiger partial charge in [-0.2, -0.15) is 0 Å². The van der Waals surface area contributed by atoms with Gasteiger partial charge in [-0.05, 0) is 51.6 Å². The zero-order chi connectivity index (χ0) is 20.9. The van der Waals surface area contributed by atoms with Crippen molar-refractivity contribution in [3.63, 3.8) is 0 Å². The first-order valence-corrected chi connectivity index (χ1v) is 11.2. The molecule has 1 fully saturated rings. The summed E-state index contributed by atoms with van der Waals surface area (Å²) in [4.78, 5) is 21.3. The second-order valence-corrected chi connectivity index (χ2v) is 7.65. The lowest BCUT2D eigenvalue weighted by molar-refractivity contribution is -0.130. The van der Waals surface area contributed by atoms with E-state index in [0.29, 0.717) is 18.9 Å². The van der Waals surface area contributed by atoms with E-state index in [-0.39, 0.29) is 29.9 Å². The molecule has 1 aromatic rings. The van der Waals surface area contributed by atoms with E-state index in [4.69, 9.17) is 4.99 Å². The number of nitrogens with one attached hydrogen (secondary N) is 2. The second-order valence-electron chi connectivity index (χ2n) is 7.65. The Hall–Kier alpha value is -1.35. The van der Waals surface area contributed by atoms with Crippen molar-refractivity contribution in [2.45, 2.75) is 40.0 Å². The van der Waals surface area contributed by atoms with E-state index in [1.54, 1.807) is 0 Å². The van der Waals surface area contributed by atoms with Gasteiger partial charge in [0.2, 0.25) is 5.91 Å². The highest BCUT2D eigenvalue weighted by Gasteiger charge is 2.22. The van der Waals surface area contributed by atoms with Crippen molar-refractivity contribution >= 4 is 35.8 Å². The number of carbonyl (C=O) groups excluding carboxylic acids is 1. The van der Waals surface area contributed by atoms with Gasteiger partial charge in [0.1, 0.15) is 0 Å². The van der Waals surface area contributed by atoms with Gasteiger partial charge in [-0.25, -0.2) is 0 Å². The van der Waals surface area contributed by atoms with E-state index in [0.717, 1.165) is 58.2 Å². The number of amides is 1. The number of halogens is 1. The van der Waals surface area contributed by atoms with Crippen LogP contribution in [0.4, 0.5) is 0 Å². The van der Waals surface area contributed by atoms with Gasteiger partial charge < -0.3 is 20.4 Å². The molecular weight excluding hydrogens is 489 g/mol. The Kier molecular flexibility index (Phi) is 13.7. The summed E-state index contributed by atoms with van der Waals surface area (Å²) in [5.41, 5.74) is 1.41. The minimum absolute atomic E-state index is 0. The van der Waals surface area contributed by atoms with Crippen molar-refractivity contribution in [3.8, 4) is 0 Å². The van der Waals surface area contributed by atoms with Crippen LogP contribution in [0.2, 0.25) is 0 Å². The van der Waals surface area contributed by atoms with Gasteiger partial charge in [0.15, 0.2) is 5.96 Å². The lowest BCUT2D eigenvalue weighted by Crippen LogP contribution is -2.40. The topological polar surface area (TPSA) is 60.0 Å². The minimum Gasteiger partial charge on any atom is -0.357 e. The zero-order valence-corrected chi connectivity index (χ0v) is 21.2. The van der Waals surface area contributed by atoms with Crippen LogP contribution in [-0.2, 0) is 11.2 Å². The van der Waals surface area contributed by atoms with Crippen molar-refractivity contribution in [2.75, 3.05) is 52.4 Å². The Morgan fingerprint density at radius 1 is 1.17 bits per heavy atom. The summed E-state index contributed by atoms with van der Waals surface area (Å²) in [7, 11) is 0. The van der Waals surface area contributed by atoms with Crippen LogP contribution in [0.1, 0.15) is 39.2 Å². The molecule has 1 unspecified atom stereocenters. The molecule has 1 aliphatic heterocycles. The Morgan fingerprint density at radius 3 is 2.57 bits per heavy atom. The monoisotopic (exact) mass is 529 g/mol. The third-order valence-electron chi connectivity index (χ3n) is 5.53. The number of benzene rings is 1. The quantitative estimate of drug-likeness (QED) is 0.263. The van der Waals surface area contributed by atoms with Gasteiger partial charge in [0.25, 0.3) is 0 Å². The summed E-state index contributed by atoms with van der Waals surface area (Å²) in [6.45, 7) is 13.3. The van der Waals surface area contributed by atoms with Gasteiger partial charge in [0, 0.05) is 52.2 Å². The normalized spacial score (nSPS) is 16.8. The Morgan fingerprint density at radius 2 is 1.90 bits per heavy atom. The largest absolute Gasteiger partial charge is 0.357 e. The molecule has 170 valence electrons. The molecule has 1 atom stereocenters. The Bertz CT molecular complexity index is 621. The average molecular weight is 530 g/mol. The van der Waals surface area contributed by atoms with Crippen LogP contribution < -0.4 is 10.6 Å². The summed E-state index contributed by atoms with van der Waals surface area (Å²) < 4.78 is 0. The third-order valence-corrected chi connectivity index (χ3v) is 5.53. The standard InChI is InChI=1S/C23H39N5O.HI/c1-4-24-23(25-15-12-22(29)28(5-2)6-3)26-18-21-14-17-27(19-21)16-13-20-10-8-7-9-11-20;/h7-11,21H,4-6,12-19H2,1-3H3,(H2,24,25,26);1H. The zero-order valence-electron chi connectivity index (χ0n) is 18.9. The predicted molar refractivity (Wildman–Crippen MR) is 137 cm³/mol. The number of hydrogen-bond acceptors (Lipinski definition) is 3. The second kappa shape index (κ2) is 15.5. The summed E-state index contributed by atoms with van der Waals surface area (Å²) in [6, 6.07) is 10.7. The van der Waals surface area contributed by atoms with E-state index >= 15 is 0 Å². The van der Waals surface area contributed by atoms with E-state index in [1.807, 2.05) is 18.7 Å². The van der Waals surface area contributed by atoms with Crippen LogP contribution in [0.25, 0.3) is 0 Å². The molecule has 1 aromatic carbocycles. The molecule has 0 saturated carbocycles. The van der Waals surface area contributed by atoms with E-state index in [1.165, 1.54) is 12.0 Å². The highest BCUT2D eigenvalue weighted by atomic mass is 127. The van der Waals surface area contributed by atoms with Crippen LogP contribution in [0.15, 0.2) is 35.3 Å². The maximum atomic E-state index is 12.1. The molecule has 30 heavy (non-hydrogen) atoms. The maximum absolute atomic E-state index is 12.1. The number of rotatable bonds is 11. The fourth-order valence-corrected chi connectivity index (χ4v) is 3.78. The SMILES string of the molecule is CCNC(=NCC1CCN(CCc2ccccc2)C1)NCCC(=O)N(CC)CC.I. The lowest BCUT2D eigenvalue weighted by Gasteiger charge is -2.19. The van der Waals surface area contributed by atoms with Crippen molar-refractivity contribution in [1.82, 2.24) is 20.4 Å². The van der Waals surface area contributed by atoms with Crippen LogP contribution in [-0.4, -0.2) is 74.0 Å².